The number of aliphatic imine (C=N–C) groups is 1. The van der Waals surface area contributed by atoms with Crippen molar-refractivity contribution in [2.24, 2.45) is 4.99 Å². The first kappa shape index (κ1) is 23.4. The molecular formula is C18H28ClIN4OS. The molecule has 2 atom stereocenters. The van der Waals surface area contributed by atoms with Crippen molar-refractivity contribution in [1.29, 1.82) is 0 Å². The molecule has 1 aliphatic rings. The standard InChI is InChI=1S/C18H27ClN4OS.HI/c1-3-20-18(23-13-8-9-14(12-13)25-2)22-11-10-21-17(24)15-6-4-5-7-16(15)19;/h4-7,13-14H,3,8-12H2,1-2H3,(H,21,24)(H2,20,22,23);1H. The number of guanidine groups is 1. The lowest BCUT2D eigenvalue weighted by atomic mass is 10.2. The quantitative estimate of drug-likeness (QED) is 0.227. The Hall–Kier alpha value is -0.670. The molecule has 2 unspecified atom stereocenters. The van der Waals surface area contributed by atoms with Gasteiger partial charge in [0.2, 0.25) is 0 Å². The summed E-state index contributed by atoms with van der Waals surface area (Å²) >= 11 is 7.97. The van der Waals surface area contributed by atoms with Gasteiger partial charge in [-0.1, -0.05) is 23.7 Å². The van der Waals surface area contributed by atoms with Crippen LogP contribution >= 0.6 is 47.3 Å². The number of hydrogen-bond acceptors (Lipinski definition) is 3. The molecule has 146 valence electrons. The van der Waals surface area contributed by atoms with Crippen molar-refractivity contribution in [1.82, 2.24) is 16.0 Å². The highest BCUT2D eigenvalue weighted by Gasteiger charge is 2.24. The zero-order valence-electron chi connectivity index (χ0n) is 15.3. The average molecular weight is 511 g/mol. The molecule has 2 rings (SSSR count). The van der Waals surface area contributed by atoms with Crippen LogP contribution in [0.15, 0.2) is 29.3 Å². The number of thioether (sulfide) groups is 1. The number of carbonyl (C=O) groups excluding carboxylic acids is 1. The topological polar surface area (TPSA) is 65.5 Å². The van der Waals surface area contributed by atoms with Crippen LogP contribution in [0.3, 0.4) is 0 Å². The van der Waals surface area contributed by atoms with Gasteiger partial charge in [0.15, 0.2) is 5.96 Å². The molecule has 1 aromatic rings. The first-order chi connectivity index (χ1) is 12.1. The third-order valence-electron chi connectivity index (χ3n) is 4.19. The minimum absolute atomic E-state index is 0. The smallest absolute Gasteiger partial charge is 0.252 e. The van der Waals surface area contributed by atoms with Crippen LogP contribution in [0.5, 0.6) is 0 Å². The minimum Gasteiger partial charge on any atom is -0.357 e. The van der Waals surface area contributed by atoms with E-state index in [1.54, 1.807) is 18.2 Å². The molecule has 1 saturated carbocycles. The average Bonchev–Trinajstić information content (AvgIpc) is 3.06. The predicted octanol–water partition coefficient (Wildman–Crippen LogP) is 3.53. The van der Waals surface area contributed by atoms with E-state index in [9.17, 15) is 4.79 Å². The van der Waals surface area contributed by atoms with Crippen molar-refractivity contribution in [3.63, 3.8) is 0 Å². The molecule has 3 N–H and O–H groups in total. The van der Waals surface area contributed by atoms with E-state index < -0.39 is 0 Å². The van der Waals surface area contributed by atoms with Crippen LogP contribution < -0.4 is 16.0 Å². The zero-order valence-corrected chi connectivity index (χ0v) is 19.2. The highest BCUT2D eigenvalue weighted by Crippen LogP contribution is 2.27. The van der Waals surface area contributed by atoms with Crippen LogP contribution in [-0.4, -0.2) is 49.0 Å². The third-order valence-corrected chi connectivity index (χ3v) is 5.61. The monoisotopic (exact) mass is 510 g/mol. The van der Waals surface area contributed by atoms with Crippen molar-refractivity contribution in [2.75, 3.05) is 25.9 Å². The van der Waals surface area contributed by atoms with Crippen LogP contribution in [0.4, 0.5) is 0 Å². The van der Waals surface area contributed by atoms with Gasteiger partial charge in [-0.3, -0.25) is 9.79 Å². The Morgan fingerprint density at radius 2 is 2.08 bits per heavy atom. The maximum Gasteiger partial charge on any atom is 0.252 e. The Kier molecular flexibility index (Phi) is 11.4. The fourth-order valence-corrected chi connectivity index (χ4v) is 3.89. The number of carbonyl (C=O) groups is 1. The van der Waals surface area contributed by atoms with Crippen LogP contribution in [0.2, 0.25) is 5.02 Å². The molecule has 0 saturated heterocycles. The highest BCUT2D eigenvalue weighted by molar-refractivity contribution is 14.0. The van der Waals surface area contributed by atoms with Crippen LogP contribution in [0.1, 0.15) is 36.5 Å². The van der Waals surface area contributed by atoms with E-state index in [4.69, 9.17) is 11.6 Å². The Morgan fingerprint density at radius 1 is 1.31 bits per heavy atom. The van der Waals surface area contributed by atoms with Gasteiger partial charge in [0.05, 0.1) is 17.1 Å². The molecule has 0 aromatic heterocycles. The van der Waals surface area contributed by atoms with E-state index >= 15 is 0 Å². The molecule has 1 aliphatic carbocycles. The Morgan fingerprint density at radius 3 is 2.73 bits per heavy atom. The van der Waals surface area contributed by atoms with Crippen LogP contribution in [-0.2, 0) is 0 Å². The summed E-state index contributed by atoms with van der Waals surface area (Å²) in [7, 11) is 0. The number of amides is 1. The maximum atomic E-state index is 12.1. The second-order valence-corrected chi connectivity index (χ2v) is 7.55. The first-order valence-corrected chi connectivity index (χ1v) is 10.4. The molecule has 0 spiro atoms. The lowest BCUT2D eigenvalue weighted by molar-refractivity contribution is 0.0955. The van der Waals surface area contributed by atoms with E-state index in [2.05, 4.69) is 34.1 Å². The highest BCUT2D eigenvalue weighted by atomic mass is 127. The van der Waals surface area contributed by atoms with Crippen molar-refractivity contribution in [3.05, 3.63) is 34.9 Å². The van der Waals surface area contributed by atoms with E-state index in [-0.39, 0.29) is 29.9 Å². The molecule has 1 amide bonds. The molecule has 0 aliphatic heterocycles. The van der Waals surface area contributed by atoms with Crippen molar-refractivity contribution < 1.29 is 4.79 Å². The van der Waals surface area contributed by atoms with E-state index in [1.165, 1.54) is 19.3 Å². The minimum atomic E-state index is -0.169. The number of nitrogens with one attached hydrogen (secondary N) is 3. The number of nitrogens with zero attached hydrogens (tertiary/aromatic N) is 1. The van der Waals surface area contributed by atoms with Gasteiger partial charge in [0.1, 0.15) is 0 Å². The Bertz CT molecular complexity index is 602. The maximum absolute atomic E-state index is 12.1. The van der Waals surface area contributed by atoms with Crippen LogP contribution in [0.25, 0.3) is 0 Å². The molecule has 0 radical (unpaired) electrons. The van der Waals surface area contributed by atoms with E-state index in [0.717, 1.165) is 17.8 Å². The predicted molar refractivity (Wildman–Crippen MR) is 123 cm³/mol. The molecule has 1 fully saturated rings. The SMILES string of the molecule is CCNC(=NCCNC(=O)c1ccccc1Cl)NC1CCC(SC)C1.I. The van der Waals surface area contributed by atoms with Gasteiger partial charge in [0.25, 0.3) is 5.91 Å². The van der Waals surface area contributed by atoms with Gasteiger partial charge in [0, 0.05) is 24.4 Å². The van der Waals surface area contributed by atoms with Crippen molar-refractivity contribution in [3.8, 4) is 0 Å². The lowest BCUT2D eigenvalue weighted by Gasteiger charge is -2.17. The number of rotatable bonds is 7. The summed E-state index contributed by atoms with van der Waals surface area (Å²) in [4.78, 5) is 16.7. The van der Waals surface area contributed by atoms with Crippen molar-refractivity contribution >= 4 is 59.2 Å². The normalized spacial score (nSPS) is 19.6. The molecule has 5 nitrogen and oxygen atoms in total. The lowest BCUT2D eigenvalue weighted by Crippen LogP contribution is -2.43. The fraction of sp³-hybridized carbons (Fsp3) is 0.556. The molecule has 8 heteroatoms. The second kappa shape index (κ2) is 12.7. The molecule has 1 aromatic carbocycles. The van der Waals surface area contributed by atoms with Crippen LogP contribution in [0, 0.1) is 0 Å². The van der Waals surface area contributed by atoms with Gasteiger partial charge >= 0.3 is 0 Å². The second-order valence-electron chi connectivity index (χ2n) is 6.01. The summed E-state index contributed by atoms with van der Waals surface area (Å²) in [6.07, 6.45) is 5.79. The first-order valence-electron chi connectivity index (χ1n) is 8.74. The van der Waals surface area contributed by atoms with Gasteiger partial charge in [-0.05, 0) is 44.6 Å². The Balaban J connectivity index is 0.00000338. The summed E-state index contributed by atoms with van der Waals surface area (Å²) in [5.41, 5.74) is 0.493. The fourth-order valence-electron chi connectivity index (χ4n) is 2.88. The third kappa shape index (κ3) is 7.52. The Labute approximate surface area is 182 Å². The van der Waals surface area contributed by atoms with Gasteiger partial charge in [-0.15, -0.1) is 24.0 Å². The van der Waals surface area contributed by atoms with Crippen molar-refractivity contribution in [2.45, 2.75) is 37.5 Å². The molecular weight excluding hydrogens is 483 g/mol. The summed E-state index contributed by atoms with van der Waals surface area (Å²) in [6.45, 7) is 3.86. The number of halogens is 2. The van der Waals surface area contributed by atoms with E-state index in [1.807, 2.05) is 17.8 Å². The van der Waals surface area contributed by atoms with Gasteiger partial charge in [-0.2, -0.15) is 11.8 Å². The summed E-state index contributed by atoms with van der Waals surface area (Å²) in [6, 6.07) is 7.52. The molecule has 0 heterocycles. The molecule has 26 heavy (non-hydrogen) atoms. The summed E-state index contributed by atoms with van der Waals surface area (Å²) in [5.74, 6) is 0.651. The van der Waals surface area contributed by atoms with Gasteiger partial charge < -0.3 is 16.0 Å². The van der Waals surface area contributed by atoms with E-state index in [0.29, 0.717) is 29.7 Å². The number of benzene rings is 1. The number of hydrogen-bond donors (Lipinski definition) is 3. The largest absolute Gasteiger partial charge is 0.357 e. The zero-order chi connectivity index (χ0) is 18.1. The summed E-state index contributed by atoms with van der Waals surface area (Å²) in [5, 5.41) is 10.8. The summed E-state index contributed by atoms with van der Waals surface area (Å²) < 4.78 is 0. The van der Waals surface area contributed by atoms with Gasteiger partial charge in [-0.25, -0.2) is 0 Å². The molecule has 0 bridgehead atoms.